The maximum Gasteiger partial charge on any atom is 3.00 e. The van der Waals surface area contributed by atoms with Crippen LogP contribution in [0.5, 0.6) is 0 Å². The fourth-order valence-electron chi connectivity index (χ4n) is 7.15. The Kier molecular flexibility index (Phi) is 12.3. The third-order valence-corrected chi connectivity index (χ3v) is 9.59. The van der Waals surface area contributed by atoms with E-state index in [1.54, 1.807) is 0 Å². The van der Waals surface area contributed by atoms with Crippen molar-refractivity contribution in [3.05, 3.63) is 146 Å². The Bertz CT molecular complexity index is 1920. The number of rotatable bonds is 4. The van der Waals surface area contributed by atoms with Crippen molar-refractivity contribution < 1.29 is 51.0 Å². The van der Waals surface area contributed by atoms with Crippen LogP contribution in [-0.2, 0) is 37.0 Å². The number of benzene rings is 4. The quantitative estimate of drug-likeness (QED) is 0.236. The molecule has 3 heteroatoms. The summed E-state index contributed by atoms with van der Waals surface area (Å²) in [6.45, 7) is 23.4. The number of hydrogen-bond donors (Lipinski definition) is 0. The van der Waals surface area contributed by atoms with E-state index in [9.17, 15) is 0 Å². The van der Waals surface area contributed by atoms with Gasteiger partial charge in [0.25, 0.3) is 0 Å². The molecule has 0 nitrogen and oxygen atoms in total. The summed E-state index contributed by atoms with van der Waals surface area (Å²) in [5.41, 5.74) is 14.7. The number of fused-ring (bicyclic) bond motifs is 3. The van der Waals surface area contributed by atoms with Crippen molar-refractivity contribution in [3.8, 4) is 11.1 Å². The first-order valence-corrected chi connectivity index (χ1v) is 16.7. The minimum absolute atomic E-state index is 0. The van der Waals surface area contributed by atoms with Crippen LogP contribution in [-0.4, -0.2) is 0 Å². The average Bonchev–Trinajstić information content (AvgIpc) is 3.58. The molecular weight excluding hydrogens is 703 g/mol. The minimum Gasteiger partial charge on any atom is -1.00 e. The number of halogens is 2. The SMILES string of the molecule is CCC1C=C(C(C)(C)C)C=C1c1c(C(C)(C)C)c(=C(c2ccccc2)c2ccccc2)cc2c1=[C-]c1cc(C(C)(C)C)ccc1-2.[Cl-].[Cl-].[Zr+3]. The van der Waals surface area contributed by atoms with Crippen LogP contribution in [0.1, 0.15) is 109 Å². The molecule has 0 saturated heterocycles. The van der Waals surface area contributed by atoms with Crippen LogP contribution in [0, 0.1) is 11.3 Å². The average molecular weight is 752 g/mol. The first-order valence-electron chi connectivity index (χ1n) is 16.7. The van der Waals surface area contributed by atoms with Gasteiger partial charge < -0.3 is 24.8 Å². The second kappa shape index (κ2) is 14.8. The summed E-state index contributed by atoms with van der Waals surface area (Å²) in [6, 6.07) is 31.5. The largest absolute Gasteiger partial charge is 3.00 e. The van der Waals surface area contributed by atoms with Gasteiger partial charge in [0.1, 0.15) is 0 Å². The summed E-state index contributed by atoms with van der Waals surface area (Å²) in [4.78, 5) is 0. The molecule has 0 amide bonds. The van der Waals surface area contributed by atoms with Gasteiger partial charge in [-0.1, -0.05) is 183 Å². The van der Waals surface area contributed by atoms with E-state index in [4.69, 9.17) is 0 Å². The molecule has 1 atom stereocenters. The molecule has 0 aromatic heterocycles. The predicted octanol–water partition coefficient (Wildman–Crippen LogP) is 4.62. The molecule has 0 N–H and O–H groups in total. The van der Waals surface area contributed by atoms with Gasteiger partial charge in [-0.25, -0.2) is 0 Å². The van der Waals surface area contributed by atoms with E-state index in [-0.39, 0.29) is 67.3 Å². The second-order valence-corrected chi connectivity index (χ2v) is 16.1. The maximum absolute atomic E-state index is 4.02. The first kappa shape index (κ1) is 40.0. The van der Waals surface area contributed by atoms with Gasteiger partial charge in [-0.2, -0.15) is 0 Å². The van der Waals surface area contributed by atoms with Crippen LogP contribution >= 0.6 is 0 Å². The molecule has 0 saturated carbocycles. The van der Waals surface area contributed by atoms with Crippen molar-refractivity contribution in [2.24, 2.45) is 11.3 Å². The third kappa shape index (κ3) is 7.50. The topological polar surface area (TPSA) is 0 Å². The van der Waals surface area contributed by atoms with Crippen molar-refractivity contribution in [2.45, 2.75) is 86.5 Å². The van der Waals surface area contributed by atoms with Crippen LogP contribution < -0.4 is 35.3 Å². The zero-order valence-electron chi connectivity index (χ0n) is 30.3. The van der Waals surface area contributed by atoms with E-state index < -0.39 is 0 Å². The summed E-state index contributed by atoms with van der Waals surface area (Å²) in [5.74, 6) is 0.368. The van der Waals surface area contributed by atoms with Crippen molar-refractivity contribution in [2.75, 3.05) is 0 Å². The van der Waals surface area contributed by atoms with Gasteiger partial charge >= 0.3 is 26.2 Å². The van der Waals surface area contributed by atoms with Gasteiger partial charge in [0.2, 0.25) is 0 Å². The van der Waals surface area contributed by atoms with Gasteiger partial charge in [-0.3, -0.25) is 0 Å². The molecular formula is C45H49Cl2Zr. The molecule has 1 unspecified atom stereocenters. The molecule has 2 aliphatic carbocycles. The van der Waals surface area contributed by atoms with Crippen LogP contribution in [0.25, 0.3) is 28.3 Å². The van der Waals surface area contributed by atoms with E-state index in [1.165, 1.54) is 71.7 Å². The van der Waals surface area contributed by atoms with Gasteiger partial charge in [0.05, 0.1) is 0 Å². The zero-order valence-corrected chi connectivity index (χ0v) is 34.2. The smallest absolute Gasteiger partial charge is 1.00 e. The molecule has 2 aliphatic rings. The Balaban J connectivity index is 0.00000208. The molecule has 4 aromatic carbocycles. The summed E-state index contributed by atoms with van der Waals surface area (Å²) >= 11 is 0. The number of hydrogen-bond acceptors (Lipinski definition) is 0. The van der Waals surface area contributed by atoms with Gasteiger partial charge in [-0.05, 0) is 56.1 Å². The van der Waals surface area contributed by atoms with Gasteiger partial charge in [0, 0.05) is 0 Å². The summed E-state index contributed by atoms with van der Waals surface area (Å²) in [6.07, 6.45) is 10.2. The summed E-state index contributed by atoms with van der Waals surface area (Å²) < 4.78 is 0. The molecule has 0 aliphatic heterocycles. The summed E-state index contributed by atoms with van der Waals surface area (Å²) in [5, 5.41) is 2.58. The Labute approximate surface area is 321 Å². The molecule has 48 heavy (non-hydrogen) atoms. The minimum atomic E-state index is -0.120. The molecule has 247 valence electrons. The van der Waals surface area contributed by atoms with Gasteiger partial charge in [-0.15, -0.1) is 34.1 Å². The Morgan fingerprint density at radius 1 is 0.667 bits per heavy atom. The molecule has 0 spiro atoms. The normalized spacial score (nSPS) is 15.1. The Morgan fingerprint density at radius 3 is 1.71 bits per heavy atom. The maximum atomic E-state index is 4.02. The standard InChI is InChI=1S/C45H49.2ClH.Zr/c1-11-29-24-34(44(5,6)7)27-36(29)41-38-26-32-25-33(43(2,3)4)22-23-35(32)37(38)28-39(42(41)45(8,9)10)40(30-18-14-12-15-19-30)31-20-16-13-17-21-31;;;/h12-25,27-29H,11H2,1-10H3;2*1H;/q-1;;;+3/p-2. The van der Waals surface area contributed by atoms with Crippen LogP contribution in [0.4, 0.5) is 0 Å². The number of allylic oxidation sites excluding steroid dienone is 4. The Hall–Kier alpha value is -2.44. The van der Waals surface area contributed by atoms with Crippen molar-refractivity contribution in [1.29, 1.82) is 0 Å². The van der Waals surface area contributed by atoms with Crippen LogP contribution in [0.15, 0.2) is 103 Å². The zero-order chi connectivity index (χ0) is 32.3. The predicted molar refractivity (Wildman–Crippen MR) is 195 cm³/mol. The molecule has 1 radical (unpaired) electrons. The van der Waals surface area contributed by atoms with E-state index >= 15 is 0 Å². The molecule has 0 heterocycles. The molecule has 6 rings (SSSR count). The van der Waals surface area contributed by atoms with Crippen LogP contribution in [0.3, 0.4) is 0 Å². The van der Waals surface area contributed by atoms with Gasteiger partial charge in [0.15, 0.2) is 0 Å². The first-order chi connectivity index (χ1) is 21.2. The fraction of sp³-hybridized carbons (Fsp3) is 0.333. The van der Waals surface area contributed by atoms with Crippen LogP contribution in [0.2, 0.25) is 0 Å². The van der Waals surface area contributed by atoms with E-state index in [0.717, 1.165) is 6.42 Å². The molecule has 0 bridgehead atoms. The van der Waals surface area contributed by atoms with Crippen molar-refractivity contribution in [1.82, 2.24) is 0 Å². The third-order valence-electron chi connectivity index (χ3n) is 9.59. The van der Waals surface area contributed by atoms with E-state index in [2.05, 4.69) is 172 Å². The van der Waals surface area contributed by atoms with Crippen molar-refractivity contribution >= 4 is 17.2 Å². The van der Waals surface area contributed by atoms with Crippen molar-refractivity contribution in [3.63, 3.8) is 0 Å². The van der Waals surface area contributed by atoms with E-state index in [1.807, 2.05) is 0 Å². The fourth-order valence-corrected chi connectivity index (χ4v) is 7.15. The monoisotopic (exact) mass is 749 g/mol. The summed E-state index contributed by atoms with van der Waals surface area (Å²) in [7, 11) is 0. The second-order valence-electron chi connectivity index (χ2n) is 16.1. The molecule has 4 aromatic rings. The van der Waals surface area contributed by atoms with E-state index in [0.29, 0.717) is 5.92 Å². The molecule has 0 fully saturated rings. The Morgan fingerprint density at radius 2 is 1.23 bits per heavy atom.